The van der Waals surface area contributed by atoms with Crippen LogP contribution >= 0.6 is 11.3 Å². The van der Waals surface area contributed by atoms with E-state index in [9.17, 15) is 4.79 Å². The van der Waals surface area contributed by atoms with Gasteiger partial charge in [-0.3, -0.25) is 4.79 Å². The number of thiophene rings is 1. The standard InChI is InChI=1S/C20H24N2OS2/c1-4-11-21-20(24)18(19(23)17-8-7-14-25-17)22-12-9-16(10-13-22)15(5-2)6-3/h4,7-10,12-15,18H,1,5-6,11H2,2-3H3/t18-/m1/s1. The van der Waals surface area contributed by atoms with E-state index in [0.717, 1.165) is 12.8 Å². The van der Waals surface area contributed by atoms with Gasteiger partial charge in [-0.25, -0.2) is 0 Å². The molecule has 0 unspecified atom stereocenters. The van der Waals surface area contributed by atoms with Gasteiger partial charge in [-0.1, -0.05) is 26.0 Å². The average molecular weight is 373 g/mol. The van der Waals surface area contributed by atoms with Crippen molar-refractivity contribution >= 4 is 34.8 Å². The van der Waals surface area contributed by atoms with Crippen molar-refractivity contribution in [1.82, 2.24) is 0 Å². The number of ketones is 1. The summed E-state index contributed by atoms with van der Waals surface area (Å²) in [5.74, 6) is 0.520. The SMILES string of the molecule is C=CCN=C([S-])[C@@H](C(=O)c1cccs1)[n+]1ccc(C(CC)CC)cc1. The first kappa shape index (κ1) is 19.5. The lowest BCUT2D eigenvalue weighted by Crippen LogP contribution is -2.47. The number of hydrogen-bond acceptors (Lipinski definition) is 4. The van der Waals surface area contributed by atoms with E-state index >= 15 is 0 Å². The summed E-state index contributed by atoms with van der Waals surface area (Å²) in [5.41, 5.74) is 1.29. The van der Waals surface area contributed by atoms with E-state index in [1.807, 2.05) is 34.5 Å². The summed E-state index contributed by atoms with van der Waals surface area (Å²) in [6, 6.07) is 7.28. The van der Waals surface area contributed by atoms with Crippen LogP contribution in [0.15, 0.2) is 59.7 Å². The molecule has 3 nitrogen and oxygen atoms in total. The third-order valence-electron chi connectivity index (χ3n) is 4.26. The second kappa shape index (κ2) is 9.59. The first-order valence-corrected chi connectivity index (χ1v) is 9.81. The van der Waals surface area contributed by atoms with Crippen LogP contribution in [0.4, 0.5) is 0 Å². The summed E-state index contributed by atoms with van der Waals surface area (Å²) in [6.45, 7) is 8.47. The fourth-order valence-electron chi connectivity index (χ4n) is 2.82. The maximum absolute atomic E-state index is 13.0. The lowest BCUT2D eigenvalue weighted by atomic mass is 9.95. The molecule has 5 heteroatoms. The van der Waals surface area contributed by atoms with Gasteiger partial charge in [-0.15, -0.1) is 17.9 Å². The number of aromatic nitrogens is 1. The Balaban J connectivity index is 2.38. The van der Waals surface area contributed by atoms with Crippen LogP contribution in [0.5, 0.6) is 0 Å². The molecule has 2 aromatic heterocycles. The molecule has 0 aromatic carbocycles. The molecule has 0 aliphatic rings. The Labute approximate surface area is 159 Å². The molecule has 0 aliphatic carbocycles. The predicted molar refractivity (Wildman–Crippen MR) is 108 cm³/mol. The van der Waals surface area contributed by atoms with E-state index in [1.54, 1.807) is 6.08 Å². The molecular formula is C20H24N2OS2. The quantitative estimate of drug-likeness (QED) is 0.162. The third kappa shape index (κ3) is 4.83. The van der Waals surface area contributed by atoms with E-state index in [2.05, 4.69) is 37.6 Å². The van der Waals surface area contributed by atoms with Crippen LogP contribution in [0.25, 0.3) is 0 Å². The first-order chi connectivity index (χ1) is 12.1. The molecule has 0 spiro atoms. The zero-order valence-corrected chi connectivity index (χ0v) is 16.4. The largest absolute Gasteiger partial charge is 0.758 e. The van der Waals surface area contributed by atoms with Crippen molar-refractivity contribution in [1.29, 1.82) is 0 Å². The minimum Gasteiger partial charge on any atom is -0.758 e. The molecule has 0 bridgehead atoms. The smallest absolute Gasteiger partial charge is 0.244 e. The van der Waals surface area contributed by atoms with E-state index in [0.29, 0.717) is 22.4 Å². The maximum atomic E-state index is 13.0. The zero-order chi connectivity index (χ0) is 18.2. The van der Waals surface area contributed by atoms with Gasteiger partial charge in [0.1, 0.15) is 0 Å². The molecule has 0 radical (unpaired) electrons. The Bertz CT molecular complexity index is 717. The number of carbonyl (C=O) groups is 1. The number of Topliss-reactive ketones (excluding diaryl/α,β-unsaturated/α-hetero) is 1. The minimum atomic E-state index is -0.593. The van der Waals surface area contributed by atoms with E-state index in [4.69, 9.17) is 12.6 Å². The first-order valence-electron chi connectivity index (χ1n) is 8.53. The van der Waals surface area contributed by atoms with Gasteiger partial charge in [0.25, 0.3) is 0 Å². The number of aliphatic imine (C=N–C) groups is 1. The van der Waals surface area contributed by atoms with Crippen molar-refractivity contribution in [2.45, 2.75) is 38.6 Å². The molecule has 0 N–H and O–H groups in total. The van der Waals surface area contributed by atoms with Crippen LogP contribution in [0.2, 0.25) is 0 Å². The van der Waals surface area contributed by atoms with E-state index < -0.39 is 6.04 Å². The predicted octanol–water partition coefficient (Wildman–Crippen LogP) is 4.49. The molecule has 0 saturated heterocycles. The molecule has 0 amide bonds. The lowest BCUT2D eigenvalue weighted by Gasteiger charge is -2.18. The second-order valence-corrected chi connectivity index (χ2v) is 7.17. The van der Waals surface area contributed by atoms with Crippen molar-refractivity contribution in [2.75, 3.05) is 6.54 Å². The van der Waals surface area contributed by atoms with Crippen molar-refractivity contribution in [3.05, 3.63) is 65.1 Å². The van der Waals surface area contributed by atoms with E-state index in [1.165, 1.54) is 16.9 Å². The summed E-state index contributed by atoms with van der Waals surface area (Å²) in [5, 5.41) is 2.29. The summed E-state index contributed by atoms with van der Waals surface area (Å²) in [6.07, 6.45) is 7.77. The number of hydrogen-bond donors (Lipinski definition) is 0. The van der Waals surface area contributed by atoms with Crippen molar-refractivity contribution < 1.29 is 9.36 Å². The van der Waals surface area contributed by atoms with Crippen LogP contribution in [0.1, 0.15) is 53.9 Å². The Morgan fingerprint density at radius 3 is 2.52 bits per heavy atom. The highest BCUT2D eigenvalue weighted by atomic mass is 32.1. The molecule has 25 heavy (non-hydrogen) atoms. The van der Waals surface area contributed by atoms with Gasteiger partial charge in [-0.05, 0) is 40.8 Å². The van der Waals surface area contributed by atoms with Crippen molar-refractivity contribution in [3.8, 4) is 0 Å². The molecule has 2 rings (SSSR count). The normalized spacial score (nSPS) is 13.0. The molecular weight excluding hydrogens is 348 g/mol. The van der Waals surface area contributed by atoms with Crippen LogP contribution in [0.3, 0.4) is 0 Å². The maximum Gasteiger partial charge on any atom is 0.244 e. The van der Waals surface area contributed by atoms with Crippen LogP contribution in [-0.2, 0) is 12.6 Å². The van der Waals surface area contributed by atoms with E-state index in [-0.39, 0.29) is 5.78 Å². The highest BCUT2D eigenvalue weighted by molar-refractivity contribution is 7.77. The molecule has 0 aliphatic heterocycles. The monoisotopic (exact) mass is 372 g/mol. The van der Waals surface area contributed by atoms with Crippen molar-refractivity contribution in [2.24, 2.45) is 4.99 Å². The third-order valence-corrected chi connectivity index (χ3v) is 5.49. The van der Waals surface area contributed by atoms with Crippen molar-refractivity contribution in [3.63, 3.8) is 0 Å². The fourth-order valence-corrected chi connectivity index (χ4v) is 3.82. The van der Waals surface area contributed by atoms with Gasteiger partial charge in [0, 0.05) is 12.1 Å². The Hall–Kier alpha value is -1.85. The number of carbonyl (C=O) groups excluding carboxylic acids is 1. The second-order valence-electron chi connectivity index (χ2n) is 5.80. The Morgan fingerprint density at radius 1 is 1.32 bits per heavy atom. The molecule has 2 heterocycles. The molecule has 0 saturated carbocycles. The van der Waals surface area contributed by atoms with Gasteiger partial charge in [0.05, 0.1) is 11.4 Å². The number of nitrogens with zero attached hydrogens (tertiary/aromatic N) is 2. The highest BCUT2D eigenvalue weighted by Gasteiger charge is 2.29. The van der Waals surface area contributed by atoms with Gasteiger partial charge < -0.3 is 17.6 Å². The summed E-state index contributed by atoms with van der Waals surface area (Å²) >= 11 is 6.88. The summed E-state index contributed by atoms with van der Waals surface area (Å²) < 4.78 is 1.86. The molecule has 132 valence electrons. The lowest BCUT2D eigenvalue weighted by molar-refractivity contribution is -0.691. The molecule has 1 atom stereocenters. The topological polar surface area (TPSA) is 33.3 Å². The minimum absolute atomic E-state index is 0.0203. The molecule has 2 aromatic rings. The highest BCUT2D eigenvalue weighted by Crippen LogP contribution is 2.22. The van der Waals surface area contributed by atoms with Gasteiger partial charge >= 0.3 is 0 Å². The zero-order valence-electron chi connectivity index (χ0n) is 14.7. The molecule has 0 fully saturated rings. The summed E-state index contributed by atoms with van der Waals surface area (Å²) in [4.78, 5) is 18.0. The van der Waals surface area contributed by atoms with Gasteiger partial charge in [0.2, 0.25) is 11.8 Å². The van der Waals surface area contributed by atoms with Gasteiger partial charge in [0.15, 0.2) is 12.4 Å². The Morgan fingerprint density at radius 2 is 2.00 bits per heavy atom. The number of pyridine rings is 1. The summed E-state index contributed by atoms with van der Waals surface area (Å²) in [7, 11) is 0. The Kier molecular flexibility index (Phi) is 7.47. The number of rotatable bonds is 9. The van der Waals surface area contributed by atoms with Crippen LogP contribution in [-0.4, -0.2) is 17.4 Å². The van der Waals surface area contributed by atoms with Gasteiger partial charge in [-0.2, -0.15) is 4.57 Å². The van der Waals surface area contributed by atoms with Crippen LogP contribution < -0.4 is 4.57 Å². The fraction of sp³-hybridized carbons (Fsp3) is 0.350. The van der Waals surface area contributed by atoms with Crippen LogP contribution in [0, 0.1) is 0 Å². The average Bonchev–Trinajstić information content (AvgIpc) is 3.17.